The first kappa shape index (κ1) is 16.8. The predicted molar refractivity (Wildman–Crippen MR) is 80.5 cm³/mol. The van der Waals surface area contributed by atoms with Gasteiger partial charge in [-0.2, -0.15) is 0 Å². The monoisotopic (exact) mass is 312 g/mol. The zero-order valence-corrected chi connectivity index (χ0v) is 12.7. The van der Waals surface area contributed by atoms with Gasteiger partial charge in [0.1, 0.15) is 11.6 Å². The van der Waals surface area contributed by atoms with E-state index in [1.807, 2.05) is 0 Å². The largest absolute Gasteiger partial charge is 0.389 e. The van der Waals surface area contributed by atoms with Crippen molar-refractivity contribution in [1.29, 1.82) is 0 Å². The van der Waals surface area contributed by atoms with Gasteiger partial charge in [-0.1, -0.05) is 19.3 Å². The molecule has 0 heterocycles. The van der Waals surface area contributed by atoms with Crippen LogP contribution in [0.15, 0.2) is 18.2 Å². The Hall–Kier alpha value is -1.53. The highest BCUT2D eigenvalue weighted by Gasteiger charge is 2.30. The average Bonchev–Trinajstić information content (AvgIpc) is 2.36. The van der Waals surface area contributed by atoms with Crippen LogP contribution in [0.2, 0.25) is 0 Å². The minimum atomic E-state index is -0.738. The van der Waals surface area contributed by atoms with Crippen molar-refractivity contribution < 1.29 is 18.7 Å². The van der Waals surface area contributed by atoms with Gasteiger partial charge in [0.2, 0.25) is 5.91 Å². The van der Waals surface area contributed by atoms with Gasteiger partial charge in [0, 0.05) is 18.3 Å². The molecule has 0 saturated heterocycles. The number of nitrogens with one attached hydrogen (secondary N) is 1. The molecule has 122 valence electrons. The Kier molecular flexibility index (Phi) is 5.47. The maximum absolute atomic E-state index is 13.1. The minimum Gasteiger partial charge on any atom is -0.389 e. The number of halogens is 2. The molecule has 0 bridgehead atoms. The molecule has 1 amide bonds. The van der Waals surface area contributed by atoms with Crippen LogP contribution in [0.1, 0.15) is 32.1 Å². The Morgan fingerprint density at radius 1 is 1.23 bits per heavy atom. The summed E-state index contributed by atoms with van der Waals surface area (Å²) in [7, 11) is 1.75. The topological polar surface area (TPSA) is 52.6 Å². The number of hydrogen-bond donors (Lipinski definition) is 2. The molecule has 4 nitrogen and oxygen atoms in total. The number of amides is 1. The zero-order chi connectivity index (χ0) is 16.2. The van der Waals surface area contributed by atoms with Gasteiger partial charge in [0.15, 0.2) is 0 Å². The van der Waals surface area contributed by atoms with Crippen LogP contribution in [0.4, 0.5) is 14.5 Å². The lowest BCUT2D eigenvalue weighted by Gasteiger charge is -2.35. The zero-order valence-electron chi connectivity index (χ0n) is 12.7. The maximum atomic E-state index is 13.1. The first-order valence-corrected chi connectivity index (χ1v) is 7.53. The van der Waals surface area contributed by atoms with Crippen molar-refractivity contribution in [1.82, 2.24) is 4.90 Å². The highest BCUT2D eigenvalue weighted by Crippen LogP contribution is 2.28. The van der Waals surface area contributed by atoms with Crippen LogP contribution < -0.4 is 5.32 Å². The molecule has 1 fully saturated rings. The van der Waals surface area contributed by atoms with Crippen molar-refractivity contribution in [2.45, 2.75) is 37.7 Å². The summed E-state index contributed by atoms with van der Waals surface area (Å²) in [6.45, 7) is 0.471. The second-order valence-electron chi connectivity index (χ2n) is 6.16. The van der Waals surface area contributed by atoms with Crippen molar-refractivity contribution in [3.05, 3.63) is 29.8 Å². The number of benzene rings is 1. The Morgan fingerprint density at radius 2 is 1.82 bits per heavy atom. The quantitative estimate of drug-likeness (QED) is 0.878. The van der Waals surface area contributed by atoms with Crippen LogP contribution in [0, 0.1) is 11.6 Å². The van der Waals surface area contributed by atoms with Gasteiger partial charge in [-0.25, -0.2) is 8.78 Å². The van der Waals surface area contributed by atoms with Crippen LogP contribution in [0.25, 0.3) is 0 Å². The summed E-state index contributed by atoms with van der Waals surface area (Å²) in [6, 6.07) is 2.88. The number of nitrogens with zero attached hydrogens (tertiary/aromatic N) is 1. The van der Waals surface area contributed by atoms with E-state index >= 15 is 0 Å². The Balaban J connectivity index is 1.85. The summed E-state index contributed by atoms with van der Waals surface area (Å²) >= 11 is 0. The lowest BCUT2D eigenvalue weighted by molar-refractivity contribution is -0.118. The Bertz CT molecular complexity index is 511. The molecule has 1 aliphatic rings. The number of aliphatic hydroxyl groups is 1. The van der Waals surface area contributed by atoms with Gasteiger partial charge in [-0.15, -0.1) is 0 Å². The molecule has 6 heteroatoms. The van der Waals surface area contributed by atoms with E-state index in [2.05, 4.69) is 5.32 Å². The van der Waals surface area contributed by atoms with E-state index in [1.54, 1.807) is 11.9 Å². The molecule has 0 aliphatic heterocycles. The van der Waals surface area contributed by atoms with Crippen molar-refractivity contribution >= 4 is 11.6 Å². The third-order valence-electron chi connectivity index (χ3n) is 3.91. The molecule has 1 aromatic carbocycles. The molecular weight excluding hydrogens is 290 g/mol. The maximum Gasteiger partial charge on any atom is 0.238 e. The Labute approximate surface area is 129 Å². The summed E-state index contributed by atoms with van der Waals surface area (Å²) in [5.41, 5.74) is -0.648. The van der Waals surface area contributed by atoms with Crippen LogP contribution in [-0.4, -0.2) is 41.7 Å². The average molecular weight is 312 g/mol. The summed E-state index contributed by atoms with van der Waals surface area (Å²) in [4.78, 5) is 13.6. The second kappa shape index (κ2) is 7.15. The molecule has 0 spiro atoms. The van der Waals surface area contributed by atoms with E-state index in [0.29, 0.717) is 6.54 Å². The standard InChI is InChI=1S/C16H22F2N2O2/c1-20(11-16(22)5-3-2-4-6-16)10-15(21)19-14-8-12(17)7-13(18)9-14/h7-9,22H,2-6,10-11H2,1H3,(H,19,21). The van der Waals surface area contributed by atoms with Gasteiger partial charge in [-0.05, 0) is 32.0 Å². The molecule has 1 saturated carbocycles. The molecular formula is C16H22F2N2O2. The molecule has 0 aromatic heterocycles. The number of likely N-dealkylation sites (N-methyl/N-ethyl adjacent to an activating group) is 1. The van der Waals surface area contributed by atoms with Crippen molar-refractivity contribution in [3.63, 3.8) is 0 Å². The molecule has 0 atom stereocenters. The lowest BCUT2D eigenvalue weighted by Crippen LogP contribution is -2.45. The SMILES string of the molecule is CN(CC(=O)Nc1cc(F)cc(F)c1)CC1(O)CCCCC1. The van der Waals surface area contributed by atoms with E-state index in [9.17, 15) is 18.7 Å². The van der Waals surface area contributed by atoms with Gasteiger partial charge >= 0.3 is 0 Å². The van der Waals surface area contributed by atoms with Crippen molar-refractivity contribution in [3.8, 4) is 0 Å². The fourth-order valence-corrected chi connectivity index (χ4v) is 3.00. The molecule has 2 N–H and O–H groups in total. The molecule has 1 aromatic rings. The second-order valence-corrected chi connectivity index (χ2v) is 6.16. The molecule has 1 aliphatic carbocycles. The smallest absolute Gasteiger partial charge is 0.238 e. The minimum absolute atomic E-state index is 0.0560. The third kappa shape index (κ3) is 5.03. The van der Waals surface area contributed by atoms with E-state index in [-0.39, 0.29) is 18.1 Å². The fraction of sp³-hybridized carbons (Fsp3) is 0.562. The van der Waals surface area contributed by atoms with Crippen molar-refractivity contribution in [2.24, 2.45) is 0 Å². The molecule has 2 rings (SSSR count). The van der Waals surface area contributed by atoms with E-state index in [0.717, 1.165) is 50.3 Å². The predicted octanol–water partition coefficient (Wildman–Crippen LogP) is 2.53. The van der Waals surface area contributed by atoms with Gasteiger partial charge in [-0.3, -0.25) is 9.69 Å². The summed E-state index contributed by atoms with van der Waals surface area (Å²) in [6.07, 6.45) is 4.62. The number of carbonyl (C=O) groups is 1. The van der Waals surface area contributed by atoms with Crippen LogP contribution >= 0.6 is 0 Å². The fourth-order valence-electron chi connectivity index (χ4n) is 3.00. The van der Waals surface area contributed by atoms with Crippen molar-refractivity contribution in [2.75, 3.05) is 25.5 Å². The highest BCUT2D eigenvalue weighted by atomic mass is 19.1. The number of carbonyl (C=O) groups excluding carboxylic acids is 1. The number of rotatable bonds is 5. The van der Waals surface area contributed by atoms with E-state index < -0.39 is 17.2 Å². The third-order valence-corrected chi connectivity index (χ3v) is 3.91. The van der Waals surface area contributed by atoms with Crippen LogP contribution in [-0.2, 0) is 4.79 Å². The normalized spacial score (nSPS) is 17.5. The van der Waals surface area contributed by atoms with Gasteiger partial charge in [0.05, 0.1) is 12.1 Å². The first-order chi connectivity index (χ1) is 10.4. The van der Waals surface area contributed by atoms with Crippen LogP contribution in [0.5, 0.6) is 0 Å². The molecule has 0 unspecified atom stereocenters. The van der Waals surface area contributed by atoms with E-state index in [4.69, 9.17) is 0 Å². The first-order valence-electron chi connectivity index (χ1n) is 7.53. The molecule has 22 heavy (non-hydrogen) atoms. The summed E-state index contributed by atoms with van der Waals surface area (Å²) in [5.74, 6) is -1.84. The number of anilines is 1. The molecule has 0 radical (unpaired) electrons. The number of hydrogen-bond acceptors (Lipinski definition) is 3. The summed E-state index contributed by atoms with van der Waals surface area (Å²) < 4.78 is 26.1. The summed E-state index contributed by atoms with van der Waals surface area (Å²) in [5, 5.41) is 12.9. The van der Waals surface area contributed by atoms with Crippen LogP contribution in [0.3, 0.4) is 0 Å². The Morgan fingerprint density at radius 3 is 2.41 bits per heavy atom. The van der Waals surface area contributed by atoms with Gasteiger partial charge in [0.25, 0.3) is 0 Å². The van der Waals surface area contributed by atoms with E-state index in [1.165, 1.54) is 0 Å². The highest BCUT2D eigenvalue weighted by molar-refractivity contribution is 5.92. The lowest BCUT2D eigenvalue weighted by atomic mass is 9.84. The van der Waals surface area contributed by atoms with Gasteiger partial charge < -0.3 is 10.4 Å².